The lowest BCUT2D eigenvalue weighted by atomic mass is 10.00. The van der Waals surface area contributed by atoms with Gasteiger partial charge < -0.3 is 14.4 Å². The molecule has 1 aliphatic heterocycles. The Morgan fingerprint density at radius 3 is 2.56 bits per heavy atom. The number of amides is 1. The van der Waals surface area contributed by atoms with Crippen LogP contribution in [0.15, 0.2) is 48.5 Å². The molecule has 5 nitrogen and oxygen atoms in total. The quantitative estimate of drug-likeness (QED) is 0.786. The van der Waals surface area contributed by atoms with Gasteiger partial charge in [-0.3, -0.25) is 4.79 Å². The highest BCUT2D eigenvalue weighted by atomic mass is 16.5. The molecule has 0 unspecified atom stereocenters. The minimum Gasteiger partial charge on any atom is -0.483 e. The third kappa shape index (κ3) is 3.99. The highest BCUT2D eigenvalue weighted by Crippen LogP contribution is 2.21. The van der Waals surface area contributed by atoms with E-state index >= 15 is 0 Å². The lowest BCUT2D eigenvalue weighted by Crippen LogP contribution is -2.38. The summed E-state index contributed by atoms with van der Waals surface area (Å²) >= 11 is 0. The van der Waals surface area contributed by atoms with Crippen molar-refractivity contribution >= 4 is 11.9 Å². The number of rotatable bonds is 5. The molecule has 2 aromatic carbocycles. The average Bonchev–Trinajstić information content (AvgIpc) is 2.66. The summed E-state index contributed by atoms with van der Waals surface area (Å²) in [5.41, 5.74) is 2.80. The van der Waals surface area contributed by atoms with Crippen molar-refractivity contribution in [3.05, 3.63) is 65.2 Å². The van der Waals surface area contributed by atoms with E-state index in [0.29, 0.717) is 31.0 Å². The van der Waals surface area contributed by atoms with Crippen molar-refractivity contribution in [2.75, 3.05) is 19.8 Å². The van der Waals surface area contributed by atoms with Gasteiger partial charge in [-0.2, -0.15) is 0 Å². The summed E-state index contributed by atoms with van der Waals surface area (Å²) in [5.74, 6) is -0.169. The molecule has 25 heavy (non-hydrogen) atoms. The Balaban J connectivity index is 1.63. The third-order valence-electron chi connectivity index (χ3n) is 4.22. The van der Waals surface area contributed by atoms with Crippen LogP contribution in [0.4, 0.5) is 0 Å². The second kappa shape index (κ2) is 7.83. The first kappa shape index (κ1) is 17.0. The molecule has 0 aliphatic carbocycles. The number of hydrogen-bond acceptors (Lipinski definition) is 4. The van der Waals surface area contributed by atoms with Crippen LogP contribution in [0.1, 0.15) is 28.4 Å². The zero-order chi connectivity index (χ0) is 17.6. The second-order valence-corrected chi connectivity index (χ2v) is 5.84. The van der Waals surface area contributed by atoms with Crippen LogP contribution in [0, 0.1) is 0 Å². The average molecular weight is 339 g/mol. The number of hydrogen-bond donors (Lipinski definition) is 0. The van der Waals surface area contributed by atoms with E-state index < -0.39 is 5.97 Å². The number of fused-ring (bicyclic) bond motifs is 1. The van der Waals surface area contributed by atoms with Gasteiger partial charge >= 0.3 is 5.97 Å². The van der Waals surface area contributed by atoms with Crippen LogP contribution in [-0.4, -0.2) is 36.5 Å². The second-order valence-electron chi connectivity index (χ2n) is 5.84. The largest absolute Gasteiger partial charge is 0.483 e. The van der Waals surface area contributed by atoms with Crippen LogP contribution in [0.2, 0.25) is 0 Å². The van der Waals surface area contributed by atoms with E-state index in [0.717, 1.165) is 6.42 Å². The van der Waals surface area contributed by atoms with Crippen molar-refractivity contribution in [2.24, 2.45) is 0 Å². The number of carbonyl (C=O) groups excluding carboxylic acids is 2. The molecule has 0 saturated carbocycles. The summed E-state index contributed by atoms with van der Waals surface area (Å²) in [6.07, 6.45) is 0.849. The minimum absolute atomic E-state index is 0.0897. The standard InChI is InChI=1S/C20H21NO4/c1-2-24-20(23)17-9-5-6-10-18(17)25-14-19(22)21-12-11-15-7-3-4-8-16(15)13-21/h3-10H,2,11-14H2,1H3. The first-order valence-corrected chi connectivity index (χ1v) is 8.42. The molecule has 0 saturated heterocycles. The first-order valence-electron chi connectivity index (χ1n) is 8.42. The van der Waals surface area contributed by atoms with Gasteiger partial charge in [0, 0.05) is 13.1 Å². The molecule has 0 N–H and O–H groups in total. The molecule has 1 aliphatic rings. The van der Waals surface area contributed by atoms with Gasteiger partial charge in [-0.15, -0.1) is 0 Å². The fourth-order valence-corrected chi connectivity index (χ4v) is 2.91. The van der Waals surface area contributed by atoms with E-state index in [1.807, 2.05) is 18.2 Å². The topological polar surface area (TPSA) is 55.8 Å². The van der Waals surface area contributed by atoms with Crippen molar-refractivity contribution in [3.8, 4) is 5.75 Å². The van der Waals surface area contributed by atoms with E-state index in [1.54, 1.807) is 36.1 Å². The van der Waals surface area contributed by atoms with Gasteiger partial charge in [0.1, 0.15) is 11.3 Å². The lowest BCUT2D eigenvalue weighted by Gasteiger charge is -2.28. The van der Waals surface area contributed by atoms with Gasteiger partial charge in [0.2, 0.25) is 0 Å². The van der Waals surface area contributed by atoms with Crippen LogP contribution < -0.4 is 4.74 Å². The van der Waals surface area contributed by atoms with Crippen LogP contribution >= 0.6 is 0 Å². The summed E-state index contributed by atoms with van der Waals surface area (Å²) in [5, 5.41) is 0. The van der Waals surface area contributed by atoms with E-state index in [4.69, 9.17) is 9.47 Å². The Labute approximate surface area is 147 Å². The number of carbonyl (C=O) groups is 2. The highest BCUT2D eigenvalue weighted by molar-refractivity contribution is 5.92. The Morgan fingerprint density at radius 2 is 1.76 bits per heavy atom. The molecular formula is C20H21NO4. The van der Waals surface area contributed by atoms with Crippen LogP contribution in [0.3, 0.4) is 0 Å². The molecule has 0 atom stereocenters. The molecule has 0 spiro atoms. The number of benzene rings is 2. The summed E-state index contributed by atoms with van der Waals surface area (Å²) in [7, 11) is 0. The Kier molecular flexibility index (Phi) is 5.33. The predicted molar refractivity (Wildman–Crippen MR) is 93.5 cm³/mol. The zero-order valence-electron chi connectivity index (χ0n) is 14.2. The van der Waals surface area contributed by atoms with E-state index in [1.165, 1.54) is 11.1 Å². The molecule has 130 valence electrons. The molecule has 1 amide bonds. The minimum atomic E-state index is -0.447. The maximum Gasteiger partial charge on any atom is 0.341 e. The molecule has 5 heteroatoms. The van der Waals surface area contributed by atoms with Gasteiger partial charge in [0.25, 0.3) is 5.91 Å². The molecule has 0 fully saturated rings. The normalized spacial score (nSPS) is 13.1. The van der Waals surface area contributed by atoms with Crippen molar-refractivity contribution in [2.45, 2.75) is 19.9 Å². The number of nitrogens with zero attached hydrogens (tertiary/aromatic N) is 1. The summed E-state index contributed by atoms with van der Waals surface area (Å²) in [6.45, 7) is 3.22. The maximum atomic E-state index is 12.5. The van der Waals surface area contributed by atoms with Crippen LogP contribution in [-0.2, 0) is 22.5 Å². The van der Waals surface area contributed by atoms with Gasteiger partial charge in [-0.1, -0.05) is 36.4 Å². The van der Waals surface area contributed by atoms with E-state index in [2.05, 4.69) is 6.07 Å². The third-order valence-corrected chi connectivity index (χ3v) is 4.22. The van der Waals surface area contributed by atoms with E-state index in [9.17, 15) is 9.59 Å². The molecule has 0 bridgehead atoms. The lowest BCUT2D eigenvalue weighted by molar-refractivity contribution is -0.134. The zero-order valence-corrected chi connectivity index (χ0v) is 14.2. The number of esters is 1. The van der Waals surface area contributed by atoms with Crippen molar-refractivity contribution in [3.63, 3.8) is 0 Å². The molecular weight excluding hydrogens is 318 g/mol. The fourth-order valence-electron chi connectivity index (χ4n) is 2.91. The number of para-hydroxylation sites is 1. The monoisotopic (exact) mass is 339 g/mol. The van der Waals surface area contributed by atoms with Gasteiger partial charge in [0.05, 0.1) is 6.61 Å². The van der Waals surface area contributed by atoms with Gasteiger partial charge in [0.15, 0.2) is 6.61 Å². The SMILES string of the molecule is CCOC(=O)c1ccccc1OCC(=O)N1CCc2ccccc2C1. The van der Waals surface area contributed by atoms with E-state index in [-0.39, 0.29) is 12.5 Å². The summed E-state index contributed by atoms with van der Waals surface area (Å²) in [6, 6.07) is 15.0. The van der Waals surface area contributed by atoms with Crippen LogP contribution in [0.5, 0.6) is 5.75 Å². The van der Waals surface area contributed by atoms with Crippen molar-refractivity contribution in [1.29, 1.82) is 0 Å². The molecule has 2 aromatic rings. The van der Waals surface area contributed by atoms with Crippen molar-refractivity contribution < 1.29 is 19.1 Å². The fraction of sp³-hybridized carbons (Fsp3) is 0.300. The highest BCUT2D eigenvalue weighted by Gasteiger charge is 2.21. The number of ether oxygens (including phenoxy) is 2. The molecule has 3 rings (SSSR count). The Hall–Kier alpha value is -2.82. The summed E-state index contributed by atoms with van der Waals surface area (Å²) in [4.78, 5) is 26.2. The van der Waals surface area contributed by atoms with Gasteiger partial charge in [-0.25, -0.2) is 4.79 Å². The van der Waals surface area contributed by atoms with Crippen LogP contribution in [0.25, 0.3) is 0 Å². The molecule has 0 aromatic heterocycles. The van der Waals surface area contributed by atoms with Gasteiger partial charge in [-0.05, 0) is 36.6 Å². The maximum absolute atomic E-state index is 12.5. The predicted octanol–water partition coefficient (Wildman–Crippen LogP) is 2.83. The van der Waals surface area contributed by atoms with Crippen molar-refractivity contribution in [1.82, 2.24) is 4.90 Å². The smallest absolute Gasteiger partial charge is 0.341 e. The summed E-state index contributed by atoms with van der Waals surface area (Å²) < 4.78 is 10.6. The molecule has 0 radical (unpaired) electrons. The molecule has 1 heterocycles. The first-order chi connectivity index (χ1) is 12.2. The Bertz CT molecular complexity index is 772. The Morgan fingerprint density at radius 1 is 1.04 bits per heavy atom.